The molecule has 156 valence electrons. The molecule has 30 heavy (non-hydrogen) atoms. The smallest absolute Gasteiger partial charge is 0.254 e. The number of methoxy groups -OCH3 is 1. The molecule has 1 saturated heterocycles. The van der Waals surface area contributed by atoms with E-state index >= 15 is 0 Å². The third kappa shape index (κ3) is 4.62. The van der Waals surface area contributed by atoms with Gasteiger partial charge in [-0.1, -0.05) is 53.5 Å². The lowest BCUT2D eigenvalue weighted by Crippen LogP contribution is -2.48. The minimum absolute atomic E-state index is 0.0684. The molecule has 1 aromatic heterocycles. The molecule has 1 amide bonds. The average molecular weight is 462 g/mol. The second kappa shape index (κ2) is 9.35. The predicted octanol–water partition coefficient (Wildman–Crippen LogP) is 5.08. The van der Waals surface area contributed by atoms with Crippen molar-refractivity contribution in [3.05, 3.63) is 69.1 Å². The molecule has 1 aliphatic heterocycles. The van der Waals surface area contributed by atoms with Crippen molar-refractivity contribution in [1.82, 2.24) is 14.8 Å². The van der Waals surface area contributed by atoms with Crippen LogP contribution in [0.2, 0.25) is 10.0 Å². The number of ether oxygens (including phenoxy) is 1. The number of carbonyl (C=O) groups excluding carboxylic acids is 1. The summed E-state index contributed by atoms with van der Waals surface area (Å²) < 4.78 is 5.16. The van der Waals surface area contributed by atoms with Crippen molar-refractivity contribution in [2.75, 3.05) is 33.3 Å². The number of hydrogen-bond donors (Lipinski definition) is 0. The molecule has 1 fully saturated rings. The van der Waals surface area contributed by atoms with Crippen molar-refractivity contribution in [2.24, 2.45) is 0 Å². The Morgan fingerprint density at radius 2 is 1.77 bits per heavy atom. The van der Waals surface area contributed by atoms with Crippen LogP contribution < -0.4 is 4.74 Å². The molecule has 5 nitrogen and oxygen atoms in total. The van der Waals surface area contributed by atoms with Gasteiger partial charge in [0.1, 0.15) is 5.01 Å². The first kappa shape index (κ1) is 21.1. The van der Waals surface area contributed by atoms with E-state index in [1.54, 1.807) is 23.5 Å². The summed E-state index contributed by atoms with van der Waals surface area (Å²) in [5, 5.41) is 3.82. The van der Waals surface area contributed by atoms with Gasteiger partial charge in [0.05, 0.1) is 22.8 Å². The molecule has 0 atom stereocenters. The van der Waals surface area contributed by atoms with Crippen LogP contribution in [0.15, 0.2) is 47.8 Å². The molecule has 2 heterocycles. The van der Waals surface area contributed by atoms with E-state index in [4.69, 9.17) is 32.9 Å². The van der Waals surface area contributed by atoms with Crippen LogP contribution >= 0.6 is 34.5 Å². The van der Waals surface area contributed by atoms with E-state index in [1.807, 2.05) is 23.1 Å². The summed E-state index contributed by atoms with van der Waals surface area (Å²) in [5.41, 5.74) is 2.68. The highest BCUT2D eigenvalue weighted by atomic mass is 35.5. The minimum atomic E-state index is -0.0684. The van der Waals surface area contributed by atoms with Crippen molar-refractivity contribution in [1.29, 1.82) is 0 Å². The Labute approximate surface area is 189 Å². The Kier molecular flexibility index (Phi) is 6.58. The van der Waals surface area contributed by atoms with E-state index in [2.05, 4.69) is 22.4 Å². The highest BCUT2D eigenvalue weighted by molar-refractivity contribution is 7.13. The van der Waals surface area contributed by atoms with Gasteiger partial charge >= 0.3 is 0 Å². The second-order valence-corrected chi connectivity index (χ2v) is 8.72. The topological polar surface area (TPSA) is 45.7 Å². The lowest BCUT2D eigenvalue weighted by atomic mass is 10.1. The fraction of sp³-hybridized carbons (Fsp3) is 0.273. The van der Waals surface area contributed by atoms with Crippen LogP contribution in [0.3, 0.4) is 0 Å². The number of carbonyl (C=O) groups is 1. The monoisotopic (exact) mass is 461 g/mol. The van der Waals surface area contributed by atoms with Crippen LogP contribution in [0.1, 0.15) is 16.1 Å². The molecule has 0 saturated carbocycles. The summed E-state index contributed by atoms with van der Waals surface area (Å²) in [6.45, 7) is 3.67. The Morgan fingerprint density at radius 1 is 1.10 bits per heavy atom. The maximum atomic E-state index is 12.9. The number of hydrogen-bond acceptors (Lipinski definition) is 5. The van der Waals surface area contributed by atoms with Gasteiger partial charge in [-0.25, -0.2) is 4.98 Å². The maximum Gasteiger partial charge on any atom is 0.254 e. The Bertz CT molecular complexity index is 1010. The summed E-state index contributed by atoms with van der Waals surface area (Å²) in [7, 11) is 1.50. The van der Waals surface area contributed by atoms with Crippen LogP contribution in [-0.4, -0.2) is 54.0 Å². The van der Waals surface area contributed by atoms with Crippen molar-refractivity contribution in [3.8, 4) is 16.3 Å². The van der Waals surface area contributed by atoms with Crippen LogP contribution in [0.4, 0.5) is 0 Å². The van der Waals surface area contributed by atoms with E-state index in [-0.39, 0.29) is 5.91 Å². The highest BCUT2D eigenvalue weighted by Crippen LogP contribution is 2.34. The molecule has 8 heteroatoms. The Morgan fingerprint density at radius 3 is 2.40 bits per heavy atom. The minimum Gasteiger partial charge on any atom is -0.494 e. The van der Waals surface area contributed by atoms with E-state index < -0.39 is 0 Å². The van der Waals surface area contributed by atoms with Gasteiger partial charge in [-0.15, -0.1) is 11.3 Å². The summed E-state index contributed by atoms with van der Waals surface area (Å²) in [6, 6.07) is 13.4. The standard InChI is InChI=1S/C22H21Cl2N3O2S/c1-29-20-18(23)11-16(12-19(20)24)22(28)27-9-7-26(8-10-27)13-17-14-30-21(25-17)15-5-3-2-4-6-15/h2-6,11-12,14H,7-10,13H2,1H3. The first-order valence-electron chi connectivity index (χ1n) is 9.59. The number of piperazine rings is 1. The maximum absolute atomic E-state index is 12.9. The molecule has 0 unspecified atom stereocenters. The fourth-order valence-electron chi connectivity index (χ4n) is 3.49. The van der Waals surface area contributed by atoms with E-state index in [1.165, 1.54) is 7.11 Å². The van der Waals surface area contributed by atoms with Gasteiger partial charge in [-0.05, 0) is 12.1 Å². The fourth-order valence-corrected chi connectivity index (χ4v) is 4.95. The van der Waals surface area contributed by atoms with Crippen LogP contribution in [0.25, 0.3) is 10.6 Å². The van der Waals surface area contributed by atoms with E-state index in [0.29, 0.717) is 34.4 Å². The molecule has 0 aliphatic carbocycles. The van der Waals surface area contributed by atoms with Crippen molar-refractivity contribution >= 4 is 40.4 Å². The summed E-state index contributed by atoms with van der Waals surface area (Å²) in [6.07, 6.45) is 0. The highest BCUT2D eigenvalue weighted by Gasteiger charge is 2.24. The molecule has 0 spiro atoms. The molecule has 1 aliphatic rings. The van der Waals surface area contributed by atoms with Gasteiger partial charge in [0.15, 0.2) is 5.75 Å². The zero-order valence-corrected chi connectivity index (χ0v) is 18.8. The summed E-state index contributed by atoms with van der Waals surface area (Å²) in [5.74, 6) is 0.318. The number of aromatic nitrogens is 1. The summed E-state index contributed by atoms with van der Waals surface area (Å²) in [4.78, 5) is 21.8. The number of thiazole rings is 1. The van der Waals surface area contributed by atoms with Crippen LogP contribution in [0.5, 0.6) is 5.75 Å². The first-order valence-corrected chi connectivity index (χ1v) is 11.2. The third-order valence-electron chi connectivity index (χ3n) is 5.07. The molecule has 0 radical (unpaired) electrons. The number of benzene rings is 2. The normalized spacial score (nSPS) is 14.7. The lowest BCUT2D eigenvalue weighted by Gasteiger charge is -2.34. The third-order valence-corrected chi connectivity index (χ3v) is 6.57. The van der Waals surface area contributed by atoms with E-state index in [0.717, 1.165) is 35.9 Å². The Hall–Kier alpha value is -2.12. The number of halogens is 2. The van der Waals surface area contributed by atoms with Crippen molar-refractivity contribution in [3.63, 3.8) is 0 Å². The number of rotatable bonds is 5. The van der Waals surface area contributed by atoms with Gasteiger partial charge in [-0.2, -0.15) is 0 Å². The molecule has 0 N–H and O–H groups in total. The van der Waals surface area contributed by atoms with Crippen LogP contribution in [-0.2, 0) is 6.54 Å². The van der Waals surface area contributed by atoms with Gasteiger partial charge in [0.2, 0.25) is 0 Å². The molecule has 4 rings (SSSR count). The summed E-state index contributed by atoms with van der Waals surface area (Å²) >= 11 is 14.0. The SMILES string of the molecule is COc1c(Cl)cc(C(=O)N2CCN(Cc3csc(-c4ccccc4)n3)CC2)cc1Cl. The average Bonchev–Trinajstić information content (AvgIpc) is 3.23. The predicted molar refractivity (Wildman–Crippen MR) is 122 cm³/mol. The van der Waals surface area contributed by atoms with Gasteiger partial charge in [0.25, 0.3) is 5.91 Å². The van der Waals surface area contributed by atoms with Gasteiger partial charge in [0, 0.05) is 49.2 Å². The van der Waals surface area contributed by atoms with Gasteiger partial charge < -0.3 is 9.64 Å². The molecule has 3 aromatic rings. The molecular formula is C22H21Cl2N3O2S. The first-order chi connectivity index (χ1) is 14.5. The van der Waals surface area contributed by atoms with Gasteiger partial charge in [-0.3, -0.25) is 9.69 Å². The second-order valence-electron chi connectivity index (χ2n) is 7.05. The molecule has 0 bridgehead atoms. The Balaban J connectivity index is 1.35. The lowest BCUT2D eigenvalue weighted by molar-refractivity contribution is 0.0627. The van der Waals surface area contributed by atoms with Crippen LogP contribution in [0, 0.1) is 0 Å². The molecular weight excluding hydrogens is 441 g/mol. The van der Waals surface area contributed by atoms with Crippen molar-refractivity contribution < 1.29 is 9.53 Å². The molecule has 2 aromatic carbocycles. The zero-order chi connectivity index (χ0) is 21.1. The van der Waals surface area contributed by atoms with Crippen molar-refractivity contribution in [2.45, 2.75) is 6.54 Å². The number of amides is 1. The largest absolute Gasteiger partial charge is 0.494 e. The number of nitrogens with zero attached hydrogens (tertiary/aromatic N) is 3. The zero-order valence-electron chi connectivity index (χ0n) is 16.5. The van der Waals surface area contributed by atoms with E-state index in [9.17, 15) is 4.79 Å². The quantitative estimate of drug-likeness (QED) is 0.531.